The third-order valence-electron chi connectivity index (χ3n) is 1.87. The summed E-state index contributed by atoms with van der Waals surface area (Å²) in [6.45, 7) is 3.59. The van der Waals surface area contributed by atoms with E-state index in [0.717, 1.165) is 0 Å². The molecule has 0 radical (unpaired) electrons. The van der Waals surface area contributed by atoms with Gasteiger partial charge in [-0.05, 0) is 20.3 Å². The second-order valence-corrected chi connectivity index (χ2v) is 3.00. The van der Waals surface area contributed by atoms with Crippen molar-refractivity contribution < 1.29 is 14.3 Å². The van der Waals surface area contributed by atoms with Gasteiger partial charge in [0.1, 0.15) is 11.7 Å². The first-order valence-corrected chi connectivity index (χ1v) is 4.76. The van der Waals surface area contributed by atoms with Gasteiger partial charge < -0.3 is 4.74 Å². The van der Waals surface area contributed by atoms with Crippen LogP contribution in [0, 0.1) is 18.3 Å². The number of rotatable bonds is 6. The number of ether oxygens (including phenoxy) is 1. The van der Waals surface area contributed by atoms with Crippen molar-refractivity contribution in [3.05, 3.63) is 0 Å². The van der Waals surface area contributed by atoms with Gasteiger partial charge in [0.15, 0.2) is 0 Å². The Hall–Kier alpha value is -1.30. The molecular weight excluding hydrogens is 180 g/mol. The van der Waals surface area contributed by atoms with E-state index in [1.54, 1.807) is 13.8 Å². The molecule has 0 spiro atoms. The van der Waals surface area contributed by atoms with Crippen LogP contribution < -0.4 is 0 Å². The van der Waals surface area contributed by atoms with E-state index in [1.165, 1.54) is 0 Å². The standard InChI is InChI=1S/C11H16O3/c1-4-6-7-8-10(12)9(3)11(13)14-5-2/h1,9H,5-8H2,2-3H3. The highest BCUT2D eigenvalue weighted by atomic mass is 16.5. The van der Waals surface area contributed by atoms with E-state index in [0.29, 0.717) is 25.9 Å². The molecule has 0 aromatic heterocycles. The van der Waals surface area contributed by atoms with Crippen LogP contribution >= 0.6 is 0 Å². The maximum atomic E-state index is 11.4. The topological polar surface area (TPSA) is 43.4 Å². The summed E-state index contributed by atoms with van der Waals surface area (Å²) in [5, 5.41) is 0. The zero-order valence-electron chi connectivity index (χ0n) is 8.71. The van der Waals surface area contributed by atoms with Gasteiger partial charge >= 0.3 is 5.97 Å². The van der Waals surface area contributed by atoms with Crippen LogP contribution in [0.3, 0.4) is 0 Å². The highest BCUT2D eigenvalue weighted by molar-refractivity contribution is 5.98. The number of carbonyl (C=O) groups is 2. The number of hydrogen-bond donors (Lipinski definition) is 0. The first-order chi connectivity index (χ1) is 6.63. The summed E-state index contributed by atoms with van der Waals surface area (Å²) in [6.07, 6.45) is 6.61. The Morgan fingerprint density at radius 3 is 2.64 bits per heavy atom. The molecule has 1 unspecified atom stereocenters. The average Bonchev–Trinajstić information content (AvgIpc) is 2.17. The molecule has 0 aliphatic carbocycles. The van der Waals surface area contributed by atoms with E-state index in [9.17, 15) is 9.59 Å². The van der Waals surface area contributed by atoms with Gasteiger partial charge in [0.05, 0.1) is 6.61 Å². The van der Waals surface area contributed by atoms with E-state index < -0.39 is 11.9 Å². The minimum Gasteiger partial charge on any atom is -0.465 e. The van der Waals surface area contributed by atoms with Gasteiger partial charge in [-0.2, -0.15) is 0 Å². The fourth-order valence-corrected chi connectivity index (χ4v) is 0.980. The van der Waals surface area contributed by atoms with Crippen LogP contribution in [-0.2, 0) is 14.3 Å². The molecule has 3 heteroatoms. The Morgan fingerprint density at radius 2 is 2.14 bits per heavy atom. The lowest BCUT2D eigenvalue weighted by Gasteiger charge is -2.08. The van der Waals surface area contributed by atoms with Crippen LogP contribution in [0.2, 0.25) is 0 Å². The average molecular weight is 196 g/mol. The largest absolute Gasteiger partial charge is 0.465 e. The molecule has 0 aromatic rings. The maximum Gasteiger partial charge on any atom is 0.316 e. The van der Waals surface area contributed by atoms with Gasteiger partial charge in [0, 0.05) is 12.8 Å². The van der Waals surface area contributed by atoms with Gasteiger partial charge in [-0.15, -0.1) is 12.3 Å². The van der Waals surface area contributed by atoms with Crippen molar-refractivity contribution in [2.75, 3.05) is 6.61 Å². The zero-order chi connectivity index (χ0) is 11.0. The third kappa shape index (κ3) is 4.66. The normalized spacial score (nSPS) is 11.5. The number of hydrogen-bond acceptors (Lipinski definition) is 3. The number of terminal acetylenes is 1. The van der Waals surface area contributed by atoms with Crippen molar-refractivity contribution in [3.8, 4) is 12.3 Å². The summed E-state index contributed by atoms with van der Waals surface area (Å²) >= 11 is 0. The molecule has 0 saturated carbocycles. The molecule has 0 N–H and O–H groups in total. The molecule has 0 heterocycles. The van der Waals surface area contributed by atoms with Crippen molar-refractivity contribution in [1.82, 2.24) is 0 Å². The van der Waals surface area contributed by atoms with Crippen molar-refractivity contribution in [1.29, 1.82) is 0 Å². The summed E-state index contributed by atoms with van der Waals surface area (Å²) in [4.78, 5) is 22.5. The highest BCUT2D eigenvalue weighted by Crippen LogP contribution is 2.06. The Bertz CT molecular complexity index is 237. The highest BCUT2D eigenvalue weighted by Gasteiger charge is 2.21. The third-order valence-corrected chi connectivity index (χ3v) is 1.87. The fraction of sp³-hybridized carbons (Fsp3) is 0.636. The van der Waals surface area contributed by atoms with E-state index in [1.807, 2.05) is 0 Å². The summed E-state index contributed by atoms with van der Waals surface area (Å²) in [5.74, 6) is 1.24. The molecule has 0 aromatic carbocycles. The monoisotopic (exact) mass is 196 g/mol. The molecule has 3 nitrogen and oxygen atoms in total. The van der Waals surface area contributed by atoms with E-state index >= 15 is 0 Å². The second-order valence-electron chi connectivity index (χ2n) is 3.00. The predicted octanol–water partition coefficient (Wildman–Crippen LogP) is 1.56. The van der Waals surface area contributed by atoms with Crippen LogP contribution in [-0.4, -0.2) is 18.4 Å². The minimum absolute atomic E-state index is 0.0984. The second kappa shape index (κ2) is 7.14. The van der Waals surface area contributed by atoms with Gasteiger partial charge in [-0.3, -0.25) is 9.59 Å². The Balaban J connectivity index is 3.87. The molecule has 0 bridgehead atoms. The molecule has 0 amide bonds. The summed E-state index contributed by atoms with van der Waals surface area (Å²) in [7, 11) is 0. The lowest BCUT2D eigenvalue weighted by molar-refractivity contribution is -0.150. The number of Topliss-reactive ketones (excluding diaryl/α,β-unsaturated/α-hetero) is 1. The minimum atomic E-state index is -0.660. The molecule has 0 fully saturated rings. The molecular formula is C11H16O3. The lowest BCUT2D eigenvalue weighted by Crippen LogP contribution is -2.23. The van der Waals surface area contributed by atoms with Crippen LogP contribution in [0.15, 0.2) is 0 Å². The number of carbonyl (C=O) groups excluding carboxylic acids is 2. The quantitative estimate of drug-likeness (QED) is 0.280. The SMILES string of the molecule is C#CCCCC(=O)C(C)C(=O)OCC. The van der Waals surface area contributed by atoms with Gasteiger partial charge in [0.2, 0.25) is 0 Å². The van der Waals surface area contributed by atoms with E-state index in [4.69, 9.17) is 11.2 Å². The number of ketones is 1. The molecule has 0 aliphatic heterocycles. The Kier molecular flexibility index (Phi) is 6.47. The molecule has 14 heavy (non-hydrogen) atoms. The van der Waals surface area contributed by atoms with Crippen molar-refractivity contribution in [2.45, 2.75) is 33.1 Å². The summed E-state index contributed by atoms with van der Waals surface area (Å²) in [5.41, 5.74) is 0. The molecule has 0 saturated heterocycles. The van der Waals surface area contributed by atoms with Crippen molar-refractivity contribution in [3.63, 3.8) is 0 Å². The first kappa shape index (κ1) is 12.7. The lowest BCUT2D eigenvalue weighted by atomic mass is 10.0. The Morgan fingerprint density at radius 1 is 1.50 bits per heavy atom. The van der Waals surface area contributed by atoms with E-state index in [-0.39, 0.29) is 5.78 Å². The summed E-state index contributed by atoms with van der Waals surface area (Å²) in [6, 6.07) is 0. The van der Waals surface area contributed by atoms with Crippen LogP contribution in [0.1, 0.15) is 33.1 Å². The predicted molar refractivity (Wildman–Crippen MR) is 53.5 cm³/mol. The van der Waals surface area contributed by atoms with Crippen molar-refractivity contribution in [2.24, 2.45) is 5.92 Å². The van der Waals surface area contributed by atoms with E-state index in [2.05, 4.69) is 5.92 Å². The van der Waals surface area contributed by atoms with Gasteiger partial charge in [-0.1, -0.05) is 0 Å². The Labute approximate surface area is 84.8 Å². The number of unbranched alkanes of at least 4 members (excludes halogenated alkanes) is 1. The van der Waals surface area contributed by atoms with Crippen LogP contribution in [0.5, 0.6) is 0 Å². The molecule has 0 rings (SSSR count). The van der Waals surface area contributed by atoms with Gasteiger partial charge in [-0.25, -0.2) is 0 Å². The number of esters is 1. The summed E-state index contributed by atoms with van der Waals surface area (Å²) < 4.78 is 4.73. The fourth-order valence-electron chi connectivity index (χ4n) is 0.980. The van der Waals surface area contributed by atoms with Gasteiger partial charge in [0.25, 0.3) is 0 Å². The van der Waals surface area contributed by atoms with Crippen LogP contribution in [0.25, 0.3) is 0 Å². The maximum absolute atomic E-state index is 11.4. The zero-order valence-corrected chi connectivity index (χ0v) is 8.71. The van der Waals surface area contributed by atoms with Crippen molar-refractivity contribution >= 4 is 11.8 Å². The smallest absolute Gasteiger partial charge is 0.316 e. The first-order valence-electron chi connectivity index (χ1n) is 4.76. The molecule has 78 valence electrons. The molecule has 1 atom stereocenters. The molecule has 0 aliphatic rings. The van der Waals surface area contributed by atoms with Crippen LogP contribution in [0.4, 0.5) is 0 Å².